The molecule has 0 saturated heterocycles. The first-order valence-corrected chi connectivity index (χ1v) is 3.59. The van der Waals surface area contributed by atoms with Crippen LogP contribution in [0.15, 0.2) is 18.2 Å². The minimum atomic E-state index is -0.991. The zero-order valence-corrected chi connectivity index (χ0v) is 6.98. The van der Waals surface area contributed by atoms with Crippen LogP contribution in [0.3, 0.4) is 0 Å². The fourth-order valence-electron chi connectivity index (χ4n) is 1.00. The summed E-state index contributed by atoms with van der Waals surface area (Å²) in [5.41, 5.74) is 0.769. The van der Waals surface area contributed by atoms with E-state index in [1.807, 2.05) is 0 Å². The second-order valence-corrected chi connectivity index (χ2v) is 2.50. The van der Waals surface area contributed by atoms with Crippen molar-refractivity contribution in [1.82, 2.24) is 0 Å². The van der Waals surface area contributed by atoms with Crippen LogP contribution < -0.4 is 4.74 Å². The van der Waals surface area contributed by atoms with Crippen LogP contribution in [0.5, 0.6) is 5.75 Å². The maximum Gasteiger partial charge on any atom is 0.335 e. The summed E-state index contributed by atoms with van der Waals surface area (Å²) in [7, 11) is 0. The van der Waals surface area contributed by atoms with Crippen molar-refractivity contribution in [2.75, 3.05) is 0 Å². The van der Waals surface area contributed by atoms with Gasteiger partial charge in [-0.2, -0.15) is 0 Å². The molecule has 68 valence electrons. The molecule has 0 amide bonds. The molecule has 0 spiro atoms. The highest BCUT2D eigenvalue weighted by Crippen LogP contribution is 2.16. The highest BCUT2D eigenvalue weighted by Gasteiger charge is 2.06. The van der Waals surface area contributed by atoms with Gasteiger partial charge in [0.1, 0.15) is 5.75 Å². The number of ether oxygens (including phenoxy) is 1. The lowest BCUT2D eigenvalue weighted by Gasteiger charge is -2.02. The molecule has 1 N–H and O–H groups in total. The Morgan fingerprint density at radius 3 is 2.69 bits per heavy atom. The van der Waals surface area contributed by atoms with Crippen LogP contribution >= 0.6 is 0 Å². The number of hydrogen-bond acceptors (Lipinski definition) is 3. The minimum absolute atomic E-state index is 0.207. The Bertz CT molecular complexity index is 343. The average molecular weight is 180 g/mol. The number of aromatic carboxylic acids is 1. The summed E-state index contributed by atoms with van der Waals surface area (Å²) in [6, 6.07) is 4.33. The van der Waals surface area contributed by atoms with Gasteiger partial charge in [-0.3, -0.25) is 4.79 Å². The Morgan fingerprint density at radius 1 is 1.54 bits per heavy atom. The van der Waals surface area contributed by atoms with Crippen molar-refractivity contribution in [1.29, 1.82) is 0 Å². The summed E-state index contributed by atoms with van der Waals surface area (Å²) >= 11 is 0. The fourth-order valence-corrected chi connectivity index (χ4v) is 1.00. The standard InChI is InChI=1S/C9H8O4/c1-6-4-7(13-5-10)2-3-8(6)9(11)12/h2-5H,1H3,(H,11,12). The third kappa shape index (κ3) is 2.05. The summed E-state index contributed by atoms with van der Waals surface area (Å²) in [6.07, 6.45) is 0. The molecule has 1 aromatic rings. The first kappa shape index (κ1) is 9.25. The van der Waals surface area contributed by atoms with E-state index in [2.05, 4.69) is 4.74 Å². The van der Waals surface area contributed by atoms with E-state index in [1.54, 1.807) is 6.92 Å². The van der Waals surface area contributed by atoms with E-state index in [9.17, 15) is 9.59 Å². The molecule has 13 heavy (non-hydrogen) atoms. The normalized spacial score (nSPS) is 9.31. The molecule has 4 nitrogen and oxygen atoms in total. The SMILES string of the molecule is Cc1cc(OC=O)ccc1C(=O)O. The number of carbonyl (C=O) groups excluding carboxylic acids is 1. The van der Waals surface area contributed by atoms with Crippen molar-refractivity contribution in [3.8, 4) is 5.75 Å². The monoisotopic (exact) mass is 180 g/mol. The zero-order valence-electron chi connectivity index (χ0n) is 6.98. The Balaban J connectivity index is 3.05. The molecule has 0 fully saturated rings. The van der Waals surface area contributed by atoms with E-state index in [0.29, 0.717) is 17.8 Å². The topological polar surface area (TPSA) is 63.6 Å². The van der Waals surface area contributed by atoms with Gasteiger partial charge in [-0.05, 0) is 30.7 Å². The average Bonchev–Trinajstić information content (AvgIpc) is 2.04. The van der Waals surface area contributed by atoms with Crippen LogP contribution in [0.1, 0.15) is 15.9 Å². The van der Waals surface area contributed by atoms with Gasteiger partial charge in [0.25, 0.3) is 6.47 Å². The molecule has 0 aliphatic heterocycles. The Morgan fingerprint density at radius 2 is 2.23 bits per heavy atom. The predicted octanol–water partition coefficient (Wildman–Crippen LogP) is 1.23. The third-order valence-electron chi connectivity index (χ3n) is 1.61. The lowest BCUT2D eigenvalue weighted by atomic mass is 10.1. The molecule has 0 aliphatic carbocycles. The van der Waals surface area contributed by atoms with Crippen LogP contribution in [0.4, 0.5) is 0 Å². The Labute approximate surface area is 74.8 Å². The molecular weight excluding hydrogens is 172 g/mol. The summed E-state index contributed by atoms with van der Waals surface area (Å²) in [4.78, 5) is 20.5. The molecule has 1 rings (SSSR count). The molecule has 0 unspecified atom stereocenters. The van der Waals surface area contributed by atoms with E-state index < -0.39 is 5.97 Å². The number of carboxylic acids is 1. The van der Waals surface area contributed by atoms with Crippen LogP contribution in [0.25, 0.3) is 0 Å². The minimum Gasteiger partial charge on any atom is -0.478 e. The van der Waals surface area contributed by atoms with Crippen LogP contribution in [0, 0.1) is 6.92 Å². The number of rotatable bonds is 3. The first-order valence-electron chi connectivity index (χ1n) is 3.59. The van der Waals surface area contributed by atoms with Crippen LogP contribution in [0.2, 0.25) is 0 Å². The number of carbonyl (C=O) groups is 2. The van der Waals surface area contributed by atoms with Crippen molar-refractivity contribution in [3.05, 3.63) is 29.3 Å². The van der Waals surface area contributed by atoms with Crippen molar-refractivity contribution < 1.29 is 19.4 Å². The molecule has 0 saturated carbocycles. The van der Waals surface area contributed by atoms with E-state index in [1.165, 1.54) is 18.2 Å². The van der Waals surface area contributed by atoms with Gasteiger partial charge in [0.05, 0.1) is 5.56 Å². The Kier molecular flexibility index (Phi) is 2.64. The van der Waals surface area contributed by atoms with Crippen molar-refractivity contribution in [2.45, 2.75) is 6.92 Å². The lowest BCUT2D eigenvalue weighted by molar-refractivity contribution is -0.120. The smallest absolute Gasteiger partial charge is 0.335 e. The molecule has 0 aliphatic rings. The fraction of sp³-hybridized carbons (Fsp3) is 0.111. The summed E-state index contributed by atoms with van der Waals surface area (Å²) in [5.74, 6) is -0.646. The largest absolute Gasteiger partial charge is 0.478 e. The summed E-state index contributed by atoms with van der Waals surface area (Å²) in [5, 5.41) is 8.68. The first-order chi connectivity index (χ1) is 6.15. The molecule has 0 radical (unpaired) electrons. The maximum atomic E-state index is 10.6. The molecule has 4 heteroatoms. The Hall–Kier alpha value is -1.84. The number of carboxylic acid groups (broad SMARTS) is 1. The van der Waals surface area contributed by atoms with Gasteiger partial charge in [-0.1, -0.05) is 0 Å². The number of benzene rings is 1. The highest BCUT2D eigenvalue weighted by molar-refractivity contribution is 5.89. The summed E-state index contributed by atoms with van der Waals surface area (Å²) in [6.45, 7) is 1.94. The second kappa shape index (κ2) is 3.71. The van der Waals surface area contributed by atoms with E-state index in [-0.39, 0.29) is 5.56 Å². The van der Waals surface area contributed by atoms with Gasteiger partial charge in [-0.25, -0.2) is 4.79 Å². The van der Waals surface area contributed by atoms with Gasteiger partial charge in [-0.15, -0.1) is 0 Å². The van der Waals surface area contributed by atoms with Gasteiger partial charge in [0, 0.05) is 0 Å². The van der Waals surface area contributed by atoms with Gasteiger partial charge >= 0.3 is 5.97 Å². The van der Waals surface area contributed by atoms with E-state index in [4.69, 9.17) is 5.11 Å². The predicted molar refractivity (Wildman–Crippen MR) is 44.8 cm³/mol. The second-order valence-electron chi connectivity index (χ2n) is 2.50. The molecular formula is C9H8O4. The maximum absolute atomic E-state index is 10.6. The number of hydrogen-bond donors (Lipinski definition) is 1. The van der Waals surface area contributed by atoms with E-state index >= 15 is 0 Å². The molecule has 0 aromatic heterocycles. The van der Waals surface area contributed by atoms with E-state index in [0.717, 1.165) is 0 Å². The number of aryl methyl sites for hydroxylation is 1. The van der Waals surface area contributed by atoms with Gasteiger partial charge in [0.2, 0.25) is 0 Å². The molecule has 0 atom stereocenters. The lowest BCUT2D eigenvalue weighted by Crippen LogP contribution is -2.00. The van der Waals surface area contributed by atoms with Crippen molar-refractivity contribution in [3.63, 3.8) is 0 Å². The van der Waals surface area contributed by atoms with Crippen molar-refractivity contribution in [2.24, 2.45) is 0 Å². The zero-order chi connectivity index (χ0) is 9.84. The van der Waals surface area contributed by atoms with Gasteiger partial charge in [0.15, 0.2) is 0 Å². The van der Waals surface area contributed by atoms with Crippen LogP contribution in [-0.4, -0.2) is 17.5 Å². The quantitative estimate of drug-likeness (QED) is 0.710. The van der Waals surface area contributed by atoms with Crippen molar-refractivity contribution >= 4 is 12.4 Å². The molecule has 1 aromatic carbocycles. The molecule has 0 heterocycles. The highest BCUT2D eigenvalue weighted by atomic mass is 16.5. The third-order valence-corrected chi connectivity index (χ3v) is 1.61. The van der Waals surface area contributed by atoms with Crippen LogP contribution in [-0.2, 0) is 4.79 Å². The molecule has 0 bridgehead atoms. The van der Waals surface area contributed by atoms with Gasteiger partial charge < -0.3 is 9.84 Å². The summed E-state index contributed by atoms with van der Waals surface area (Å²) < 4.78 is 4.55.